The van der Waals surface area contributed by atoms with Crippen molar-refractivity contribution < 1.29 is 14.3 Å². The van der Waals surface area contributed by atoms with Crippen molar-refractivity contribution >= 4 is 17.6 Å². The Morgan fingerprint density at radius 2 is 2.15 bits per heavy atom. The van der Waals surface area contributed by atoms with Gasteiger partial charge < -0.3 is 14.8 Å². The van der Waals surface area contributed by atoms with Crippen LogP contribution in [0.2, 0.25) is 5.02 Å². The van der Waals surface area contributed by atoms with E-state index < -0.39 is 0 Å². The van der Waals surface area contributed by atoms with Crippen molar-refractivity contribution in [1.29, 1.82) is 0 Å². The lowest BCUT2D eigenvalue weighted by molar-refractivity contribution is -0.141. The summed E-state index contributed by atoms with van der Waals surface area (Å²) < 4.78 is 10.2. The highest BCUT2D eigenvalue weighted by Gasteiger charge is 2.09. The van der Waals surface area contributed by atoms with Gasteiger partial charge in [-0.15, -0.1) is 0 Å². The highest BCUT2D eigenvalue weighted by molar-refractivity contribution is 6.32. The van der Waals surface area contributed by atoms with E-state index in [1.165, 1.54) is 7.11 Å². The first kappa shape index (κ1) is 16.8. The van der Waals surface area contributed by atoms with Crippen molar-refractivity contribution in [1.82, 2.24) is 5.32 Å². The van der Waals surface area contributed by atoms with Gasteiger partial charge in [-0.2, -0.15) is 0 Å². The predicted molar refractivity (Wildman–Crippen MR) is 80.1 cm³/mol. The molecule has 5 heteroatoms. The zero-order valence-electron chi connectivity index (χ0n) is 12.2. The summed E-state index contributed by atoms with van der Waals surface area (Å²) in [6.07, 6.45) is 0.209. The van der Waals surface area contributed by atoms with E-state index in [0.717, 1.165) is 12.1 Å². The summed E-state index contributed by atoms with van der Waals surface area (Å²) in [6.45, 7) is 6.17. The molecule has 0 aromatic heterocycles. The molecule has 0 saturated carbocycles. The number of rotatable bonds is 8. The minimum absolute atomic E-state index is 0.209. The Morgan fingerprint density at radius 3 is 2.80 bits per heavy atom. The maximum Gasteiger partial charge on any atom is 0.308 e. The zero-order chi connectivity index (χ0) is 15.0. The molecule has 1 rings (SSSR count). The Balaban J connectivity index is 2.60. The van der Waals surface area contributed by atoms with E-state index in [1.807, 2.05) is 12.1 Å². The molecule has 1 aromatic rings. The van der Waals surface area contributed by atoms with Gasteiger partial charge in [-0.25, -0.2) is 0 Å². The third-order valence-electron chi connectivity index (χ3n) is 2.70. The van der Waals surface area contributed by atoms with E-state index in [2.05, 4.69) is 23.9 Å². The molecule has 0 fully saturated rings. The zero-order valence-corrected chi connectivity index (χ0v) is 13.0. The minimum Gasteiger partial charge on any atom is -0.491 e. The molecule has 4 nitrogen and oxygen atoms in total. The molecule has 20 heavy (non-hydrogen) atoms. The van der Waals surface area contributed by atoms with Gasteiger partial charge in [-0.05, 0) is 18.5 Å². The first-order valence-corrected chi connectivity index (χ1v) is 7.10. The first-order valence-electron chi connectivity index (χ1n) is 6.72. The smallest absolute Gasteiger partial charge is 0.308 e. The quantitative estimate of drug-likeness (QED) is 0.750. The second-order valence-electron chi connectivity index (χ2n) is 4.93. The number of esters is 1. The van der Waals surface area contributed by atoms with Crippen LogP contribution in [-0.2, 0) is 16.1 Å². The SMILES string of the molecule is COC(=O)CCOc1c(Cl)cccc1CNCC(C)C. The lowest BCUT2D eigenvalue weighted by atomic mass is 10.1. The fraction of sp³-hybridized carbons (Fsp3) is 0.533. The second-order valence-corrected chi connectivity index (χ2v) is 5.33. The second kappa shape index (κ2) is 8.82. The number of carbonyl (C=O) groups is 1. The molecule has 0 spiro atoms. The summed E-state index contributed by atoms with van der Waals surface area (Å²) in [7, 11) is 1.36. The highest BCUT2D eigenvalue weighted by Crippen LogP contribution is 2.28. The molecular weight excluding hydrogens is 278 g/mol. The number of carbonyl (C=O) groups excluding carboxylic acids is 1. The van der Waals surface area contributed by atoms with E-state index >= 15 is 0 Å². The Hall–Kier alpha value is -1.26. The molecule has 0 saturated heterocycles. The third kappa shape index (κ3) is 5.80. The van der Waals surface area contributed by atoms with Crippen molar-refractivity contribution in [3.8, 4) is 5.75 Å². The fourth-order valence-corrected chi connectivity index (χ4v) is 1.94. The summed E-state index contributed by atoms with van der Waals surface area (Å²) in [6, 6.07) is 5.63. The Morgan fingerprint density at radius 1 is 1.40 bits per heavy atom. The van der Waals surface area contributed by atoms with Gasteiger partial charge in [-0.3, -0.25) is 4.79 Å². The van der Waals surface area contributed by atoms with Crippen LogP contribution in [0.15, 0.2) is 18.2 Å². The largest absolute Gasteiger partial charge is 0.491 e. The van der Waals surface area contributed by atoms with Gasteiger partial charge in [0.1, 0.15) is 5.75 Å². The molecule has 0 bridgehead atoms. The summed E-state index contributed by atoms with van der Waals surface area (Å²) in [5.74, 6) is 0.920. The molecule has 0 unspecified atom stereocenters. The van der Waals surface area contributed by atoms with Crippen LogP contribution in [0.25, 0.3) is 0 Å². The standard InChI is InChI=1S/C15H22ClNO3/c1-11(2)9-17-10-12-5-4-6-13(16)15(12)20-8-7-14(18)19-3/h4-6,11,17H,7-10H2,1-3H3. The number of hydrogen-bond donors (Lipinski definition) is 1. The van der Waals surface area contributed by atoms with Gasteiger partial charge in [0.05, 0.1) is 25.2 Å². The minimum atomic E-state index is -0.295. The van der Waals surface area contributed by atoms with Gasteiger partial charge in [0.2, 0.25) is 0 Å². The number of benzene rings is 1. The van der Waals surface area contributed by atoms with Gasteiger partial charge in [0, 0.05) is 12.1 Å². The molecule has 0 aliphatic heterocycles. The number of nitrogens with one attached hydrogen (secondary N) is 1. The van der Waals surface area contributed by atoms with E-state index in [0.29, 0.717) is 23.2 Å². The van der Waals surface area contributed by atoms with Crippen LogP contribution in [0.4, 0.5) is 0 Å². The molecule has 1 N–H and O–H groups in total. The molecule has 112 valence electrons. The summed E-state index contributed by atoms with van der Waals surface area (Å²) >= 11 is 6.15. The molecule has 1 aromatic carbocycles. The lowest BCUT2D eigenvalue weighted by Crippen LogP contribution is -2.19. The Labute approximate surface area is 125 Å². The van der Waals surface area contributed by atoms with Crippen LogP contribution in [-0.4, -0.2) is 26.2 Å². The van der Waals surface area contributed by atoms with Gasteiger partial charge in [0.15, 0.2) is 0 Å². The van der Waals surface area contributed by atoms with Crippen LogP contribution in [0, 0.1) is 5.92 Å². The highest BCUT2D eigenvalue weighted by atomic mass is 35.5. The molecule has 0 aliphatic rings. The van der Waals surface area contributed by atoms with Crippen LogP contribution in [0.1, 0.15) is 25.8 Å². The third-order valence-corrected chi connectivity index (χ3v) is 2.99. The molecule has 0 amide bonds. The van der Waals surface area contributed by atoms with Crippen molar-refractivity contribution in [2.24, 2.45) is 5.92 Å². The number of methoxy groups -OCH3 is 1. The number of para-hydroxylation sites is 1. The van der Waals surface area contributed by atoms with E-state index in [-0.39, 0.29) is 19.0 Å². The van der Waals surface area contributed by atoms with Gasteiger partial charge >= 0.3 is 5.97 Å². The van der Waals surface area contributed by atoms with E-state index in [4.69, 9.17) is 16.3 Å². The Bertz CT molecular complexity index is 435. The van der Waals surface area contributed by atoms with Crippen molar-refractivity contribution in [2.75, 3.05) is 20.3 Å². The van der Waals surface area contributed by atoms with E-state index in [9.17, 15) is 4.79 Å². The average Bonchev–Trinajstić information content (AvgIpc) is 2.41. The number of halogens is 1. The maximum atomic E-state index is 11.1. The monoisotopic (exact) mass is 299 g/mol. The molecule has 0 atom stereocenters. The lowest BCUT2D eigenvalue weighted by Gasteiger charge is -2.14. The normalized spacial score (nSPS) is 10.7. The topological polar surface area (TPSA) is 47.6 Å². The van der Waals surface area contributed by atoms with Crippen LogP contribution in [0.3, 0.4) is 0 Å². The van der Waals surface area contributed by atoms with Crippen molar-refractivity contribution in [3.05, 3.63) is 28.8 Å². The van der Waals surface area contributed by atoms with Crippen LogP contribution >= 0.6 is 11.6 Å². The van der Waals surface area contributed by atoms with Crippen molar-refractivity contribution in [2.45, 2.75) is 26.8 Å². The number of ether oxygens (including phenoxy) is 2. The fourth-order valence-electron chi connectivity index (χ4n) is 1.69. The predicted octanol–water partition coefficient (Wildman–Crippen LogP) is 3.03. The van der Waals surface area contributed by atoms with Gasteiger partial charge in [-0.1, -0.05) is 37.6 Å². The van der Waals surface area contributed by atoms with E-state index in [1.54, 1.807) is 6.07 Å². The van der Waals surface area contributed by atoms with Crippen LogP contribution < -0.4 is 10.1 Å². The van der Waals surface area contributed by atoms with Gasteiger partial charge in [0.25, 0.3) is 0 Å². The molecule has 0 aliphatic carbocycles. The maximum absolute atomic E-state index is 11.1. The summed E-state index contributed by atoms with van der Waals surface area (Å²) in [5, 5.41) is 3.90. The molecular formula is C15H22ClNO3. The van der Waals surface area contributed by atoms with Crippen LogP contribution in [0.5, 0.6) is 5.75 Å². The first-order chi connectivity index (χ1) is 9.54. The molecule has 0 radical (unpaired) electrons. The van der Waals surface area contributed by atoms with Crippen molar-refractivity contribution in [3.63, 3.8) is 0 Å². The summed E-state index contributed by atoms with van der Waals surface area (Å²) in [4.78, 5) is 11.1. The Kier molecular flexibility index (Phi) is 7.41. The average molecular weight is 300 g/mol. The molecule has 0 heterocycles. The number of hydrogen-bond acceptors (Lipinski definition) is 4. The summed E-state index contributed by atoms with van der Waals surface area (Å²) in [5.41, 5.74) is 0.989.